The third-order valence-electron chi connectivity index (χ3n) is 5.64. The van der Waals surface area contributed by atoms with Gasteiger partial charge in [0.25, 0.3) is 0 Å². The van der Waals surface area contributed by atoms with Crippen LogP contribution < -0.4 is 9.47 Å². The van der Waals surface area contributed by atoms with Gasteiger partial charge in [0.15, 0.2) is 11.5 Å². The highest BCUT2D eigenvalue weighted by Gasteiger charge is 2.18. The van der Waals surface area contributed by atoms with Crippen molar-refractivity contribution in [3.63, 3.8) is 0 Å². The summed E-state index contributed by atoms with van der Waals surface area (Å²) in [7, 11) is 0. The van der Waals surface area contributed by atoms with Crippen molar-refractivity contribution >= 4 is 5.91 Å². The molecule has 0 saturated carbocycles. The van der Waals surface area contributed by atoms with E-state index in [2.05, 4.69) is 24.0 Å². The molecule has 166 valence electrons. The number of amides is 1. The molecule has 1 aliphatic heterocycles. The Labute approximate surface area is 190 Å². The minimum absolute atomic E-state index is 0.126. The number of ether oxygens (including phenoxy) is 2. The number of rotatable bonds is 2. The standard InChI is InChI=1S/C27H30N2O3/c1-21-10-8-11-22(18-21)19-26(30)29-16-6-2-3-7-17-31-24-13-4-5-14-25(24)32-27-23(20-29)12-9-15-28-27/h4-5,8-15,18H,2-3,6-7,16-17,19-20H2,1H3. The van der Waals surface area contributed by atoms with Crippen molar-refractivity contribution in [3.8, 4) is 17.4 Å². The summed E-state index contributed by atoms with van der Waals surface area (Å²) in [5.74, 6) is 1.99. The fourth-order valence-corrected chi connectivity index (χ4v) is 3.94. The van der Waals surface area contributed by atoms with Crippen molar-refractivity contribution in [2.75, 3.05) is 13.2 Å². The SMILES string of the molecule is Cc1cccc(CC(=O)N2CCCCCCOc3ccccc3Oc3ncccc3C2)c1. The van der Waals surface area contributed by atoms with Crippen LogP contribution in [0.2, 0.25) is 0 Å². The smallest absolute Gasteiger partial charge is 0.227 e. The van der Waals surface area contributed by atoms with Crippen LogP contribution in [0.25, 0.3) is 0 Å². The first-order valence-corrected chi connectivity index (χ1v) is 11.4. The maximum absolute atomic E-state index is 13.3. The second kappa shape index (κ2) is 10.8. The quantitative estimate of drug-likeness (QED) is 0.523. The van der Waals surface area contributed by atoms with Crippen molar-refractivity contribution in [3.05, 3.63) is 83.6 Å². The summed E-state index contributed by atoms with van der Waals surface area (Å²) in [5, 5.41) is 0. The zero-order valence-electron chi connectivity index (χ0n) is 18.6. The molecule has 0 spiro atoms. The fraction of sp³-hybridized carbons (Fsp3) is 0.333. The second-order valence-corrected chi connectivity index (χ2v) is 8.26. The van der Waals surface area contributed by atoms with Gasteiger partial charge in [0.05, 0.1) is 19.6 Å². The largest absolute Gasteiger partial charge is 0.490 e. The first-order valence-electron chi connectivity index (χ1n) is 11.4. The van der Waals surface area contributed by atoms with Crippen LogP contribution in [-0.2, 0) is 17.8 Å². The summed E-state index contributed by atoms with van der Waals surface area (Å²) in [5.41, 5.74) is 3.10. The highest BCUT2D eigenvalue weighted by molar-refractivity contribution is 5.79. The number of pyridine rings is 1. The Bertz CT molecular complexity index is 1050. The Balaban J connectivity index is 1.59. The lowest BCUT2D eigenvalue weighted by Gasteiger charge is -2.24. The highest BCUT2D eigenvalue weighted by Crippen LogP contribution is 2.32. The van der Waals surface area contributed by atoms with Crippen LogP contribution in [0.4, 0.5) is 0 Å². The number of fused-ring (bicyclic) bond motifs is 2. The topological polar surface area (TPSA) is 51.7 Å². The molecule has 4 rings (SSSR count). The van der Waals surface area contributed by atoms with Crippen LogP contribution in [0.5, 0.6) is 17.4 Å². The number of carbonyl (C=O) groups excluding carboxylic acids is 1. The van der Waals surface area contributed by atoms with E-state index in [0.29, 0.717) is 37.0 Å². The van der Waals surface area contributed by atoms with Crippen LogP contribution in [-0.4, -0.2) is 28.9 Å². The van der Waals surface area contributed by atoms with Gasteiger partial charge in [-0.3, -0.25) is 4.79 Å². The van der Waals surface area contributed by atoms with E-state index in [1.54, 1.807) is 6.20 Å². The number of hydrogen-bond donors (Lipinski definition) is 0. The van der Waals surface area contributed by atoms with Crippen LogP contribution >= 0.6 is 0 Å². The molecule has 0 aliphatic carbocycles. The van der Waals surface area contributed by atoms with E-state index >= 15 is 0 Å². The normalized spacial score (nSPS) is 14.8. The fourth-order valence-electron chi connectivity index (χ4n) is 3.94. The van der Waals surface area contributed by atoms with Crippen molar-refractivity contribution in [2.24, 2.45) is 0 Å². The van der Waals surface area contributed by atoms with Gasteiger partial charge in [-0.2, -0.15) is 0 Å². The lowest BCUT2D eigenvalue weighted by Crippen LogP contribution is -2.33. The van der Waals surface area contributed by atoms with Gasteiger partial charge in [0, 0.05) is 18.3 Å². The molecule has 2 heterocycles. The number of aryl methyl sites for hydroxylation is 1. The number of hydrogen-bond acceptors (Lipinski definition) is 4. The number of nitrogens with zero attached hydrogens (tertiary/aromatic N) is 2. The molecule has 0 N–H and O–H groups in total. The van der Waals surface area contributed by atoms with Gasteiger partial charge >= 0.3 is 0 Å². The first kappa shape index (κ1) is 21.9. The van der Waals surface area contributed by atoms with Gasteiger partial charge < -0.3 is 14.4 Å². The second-order valence-electron chi connectivity index (χ2n) is 8.26. The molecule has 1 amide bonds. The molecule has 1 aromatic heterocycles. The number of aromatic nitrogens is 1. The third-order valence-corrected chi connectivity index (χ3v) is 5.64. The molecule has 5 heteroatoms. The van der Waals surface area contributed by atoms with E-state index < -0.39 is 0 Å². The van der Waals surface area contributed by atoms with Crippen molar-refractivity contribution in [1.82, 2.24) is 9.88 Å². The third kappa shape index (κ3) is 5.88. The molecule has 5 nitrogen and oxygen atoms in total. The average Bonchev–Trinajstić information content (AvgIpc) is 2.79. The summed E-state index contributed by atoms with van der Waals surface area (Å²) in [6.07, 6.45) is 6.18. The Hall–Kier alpha value is -3.34. The molecule has 0 atom stereocenters. The summed E-state index contributed by atoms with van der Waals surface area (Å²) < 4.78 is 12.1. The number of para-hydroxylation sites is 2. The van der Waals surface area contributed by atoms with Gasteiger partial charge in [-0.05, 0) is 43.5 Å². The maximum atomic E-state index is 13.3. The van der Waals surface area contributed by atoms with Gasteiger partial charge in [0.2, 0.25) is 11.8 Å². The summed E-state index contributed by atoms with van der Waals surface area (Å²) in [6, 6.07) is 19.7. The molecule has 32 heavy (non-hydrogen) atoms. The van der Waals surface area contributed by atoms with Crippen LogP contribution in [0.1, 0.15) is 42.4 Å². The zero-order chi connectivity index (χ0) is 22.2. The molecule has 1 aliphatic rings. The summed E-state index contributed by atoms with van der Waals surface area (Å²) in [4.78, 5) is 19.7. The average molecular weight is 431 g/mol. The van der Waals surface area contributed by atoms with E-state index in [4.69, 9.17) is 9.47 Å². The predicted molar refractivity (Wildman–Crippen MR) is 125 cm³/mol. The van der Waals surface area contributed by atoms with Gasteiger partial charge in [-0.1, -0.05) is 60.9 Å². The van der Waals surface area contributed by atoms with E-state index in [0.717, 1.165) is 43.4 Å². The van der Waals surface area contributed by atoms with Gasteiger partial charge in [0.1, 0.15) is 0 Å². The Morgan fingerprint density at radius 2 is 1.81 bits per heavy atom. The monoisotopic (exact) mass is 430 g/mol. The Kier molecular flexibility index (Phi) is 7.38. The number of benzene rings is 2. The van der Waals surface area contributed by atoms with Crippen LogP contribution in [0, 0.1) is 6.92 Å². The van der Waals surface area contributed by atoms with Gasteiger partial charge in [-0.15, -0.1) is 0 Å². The minimum atomic E-state index is 0.126. The molecule has 0 fully saturated rings. The van der Waals surface area contributed by atoms with Crippen molar-refractivity contribution in [2.45, 2.75) is 45.6 Å². The van der Waals surface area contributed by atoms with Crippen LogP contribution in [0.15, 0.2) is 66.9 Å². The molecule has 3 aromatic rings. The van der Waals surface area contributed by atoms with Crippen molar-refractivity contribution in [1.29, 1.82) is 0 Å². The molecule has 0 bridgehead atoms. The lowest BCUT2D eigenvalue weighted by atomic mass is 10.1. The van der Waals surface area contributed by atoms with Gasteiger partial charge in [-0.25, -0.2) is 4.98 Å². The summed E-state index contributed by atoms with van der Waals surface area (Å²) in [6.45, 7) is 3.88. The molecule has 0 saturated heterocycles. The maximum Gasteiger partial charge on any atom is 0.227 e. The predicted octanol–water partition coefficient (Wildman–Crippen LogP) is 5.71. The van der Waals surface area contributed by atoms with Crippen LogP contribution in [0.3, 0.4) is 0 Å². The molecular formula is C27H30N2O3. The minimum Gasteiger partial charge on any atom is -0.490 e. The first-order chi connectivity index (χ1) is 15.7. The lowest BCUT2D eigenvalue weighted by molar-refractivity contribution is -0.131. The van der Waals surface area contributed by atoms with E-state index in [1.807, 2.05) is 53.4 Å². The summed E-state index contributed by atoms with van der Waals surface area (Å²) >= 11 is 0. The van der Waals surface area contributed by atoms with Crippen molar-refractivity contribution < 1.29 is 14.3 Å². The molecular weight excluding hydrogens is 400 g/mol. The Morgan fingerprint density at radius 1 is 0.969 bits per heavy atom. The number of carbonyl (C=O) groups is 1. The highest BCUT2D eigenvalue weighted by atomic mass is 16.5. The molecule has 2 aromatic carbocycles. The zero-order valence-corrected chi connectivity index (χ0v) is 18.6. The Morgan fingerprint density at radius 3 is 2.69 bits per heavy atom. The van der Waals surface area contributed by atoms with E-state index in [-0.39, 0.29) is 5.91 Å². The molecule has 0 unspecified atom stereocenters. The van der Waals surface area contributed by atoms with E-state index in [1.165, 1.54) is 5.56 Å². The molecule has 0 radical (unpaired) electrons. The van der Waals surface area contributed by atoms with E-state index in [9.17, 15) is 4.79 Å².